The van der Waals surface area contributed by atoms with E-state index >= 15 is 0 Å². The first-order valence-corrected chi connectivity index (χ1v) is 8.10. The monoisotopic (exact) mass is 353 g/mol. The predicted octanol–water partition coefficient (Wildman–Crippen LogP) is 3.24. The molecule has 0 saturated heterocycles. The van der Waals surface area contributed by atoms with Gasteiger partial charge in [-0.3, -0.25) is 9.59 Å². The summed E-state index contributed by atoms with van der Waals surface area (Å²) >= 11 is 3.42. The van der Waals surface area contributed by atoms with Crippen LogP contribution in [-0.2, 0) is 15.0 Å². The van der Waals surface area contributed by atoms with Crippen LogP contribution in [0.15, 0.2) is 28.7 Å². The number of carboxylic acid groups (broad SMARTS) is 1. The third-order valence-corrected chi connectivity index (χ3v) is 4.67. The second-order valence-corrected chi connectivity index (χ2v) is 6.46. The van der Waals surface area contributed by atoms with Crippen LogP contribution < -0.4 is 5.32 Å². The van der Waals surface area contributed by atoms with E-state index in [9.17, 15) is 9.59 Å². The first-order chi connectivity index (χ1) is 10.0. The second kappa shape index (κ2) is 7.07. The summed E-state index contributed by atoms with van der Waals surface area (Å²) < 4.78 is 1.00. The van der Waals surface area contributed by atoms with Gasteiger partial charge >= 0.3 is 5.97 Å². The highest BCUT2D eigenvalue weighted by Gasteiger charge is 2.42. The molecule has 1 amide bonds. The summed E-state index contributed by atoms with van der Waals surface area (Å²) in [7, 11) is 0. The number of hydrogen-bond donors (Lipinski definition) is 2. The number of benzene rings is 1. The van der Waals surface area contributed by atoms with Gasteiger partial charge in [-0.05, 0) is 37.0 Å². The zero-order valence-corrected chi connectivity index (χ0v) is 13.5. The van der Waals surface area contributed by atoms with Gasteiger partial charge in [0.2, 0.25) is 5.91 Å². The molecule has 2 rings (SSSR count). The fraction of sp³-hybridized carbons (Fsp3) is 0.500. The van der Waals surface area contributed by atoms with Gasteiger partial charge < -0.3 is 10.4 Å². The number of carboxylic acids is 1. The molecule has 21 heavy (non-hydrogen) atoms. The van der Waals surface area contributed by atoms with Crippen molar-refractivity contribution in [3.05, 3.63) is 34.3 Å². The van der Waals surface area contributed by atoms with Crippen molar-refractivity contribution in [1.82, 2.24) is 5.32 Å². The summed E-state index contributed by atoms with van der Waals surface area (Å²) in [6.07, 6.45) is 4.39. The molecule has 4 nitrogen and oxygen atoms in total. The van der Waals surface area contributed by atoms with Crippen LogP contribution in [0, 0.1) is 0 Å². The summed E-state index contributed by atoms with van der Waals surface area (Å²) in [5.41, 5.74) is 0.614. The van der Waals surface area contributed by atoms with Gasteiger partial charge in [0.05, 0.1) is 5.41 Å². The number of nitrogens with one attached hydrogen (secondary N) is 1. The van der Waals surface area contributed by atoms with Gasteiger partial charge in [0.25, 0.3) is 0 Å². The Morgan fingerprint density at radius 3 is 2.38 bits per heavy atom. The highest BCUT2D eigenvalue weighted by atomic mass is 79.9. The van der Waals surface area contributed by atoms with Crippen molar-refractivity contribution < 1.29 is 14.7 Å². The molecule has 0 radical (unpaired) electrons. The molecular formula is C16H20BrNO3. The molecule has 1 aromatic carbocycles. The van der Waals surface area contributed by atoms with Crippen molar-refractivity contribution in [2.45, 2.75) is 43.9 Å². The molecule has 5 heteroatoms. The van der Waals surface area contributed by atoms with Gasteiger partial charge in [0.15, 0.2) is 0 Å². The minimum absolute atomic E-state index is 0.0349. The van der Waals surface area contributed by atoms with Crippen LogP contribution in [0.3, 0.4) is 0 Å². The summed E-state index contributed by atoms with van der Waals surface area (Å²) in [4.78, 5) is 23.1. The molecule has 2 N–H and O–H groups in total. The zero-order valence-electron chi connectivity index (χ0n) is 11.9. The Balaban J connectivity index is 2.05. The number of halogens is 1. The maximum Gasteiger partial charge on any atom is 0.303 e. The smallest absolute Gasteiger partial charge is 0.303 e. The fourth-order valence-electron chi connectivity index (χ4n) is 3.01. The predicted molar refractivity (Wildman–Crippen MR) is 84.2 cm³/mol. The molecule has 0 heterocycles. The van der Waals surface area contributed by atoms with E-state index in [-0.39, 0.29) is 12.3 Å². The average Bonchev–Trinajstić information content (AvgIpc) is 2.94. The molecule has 1 aliphatic rings. The van der Waals surface area contributed by atoms with Gasteiger partial charge in [-0.15, -0.1) is 0 Å². The minimum atomic E-state index is -0.826. The molecule has 1 aromatic rings. The van der Waals surface area contributed by atoms with Crippen molar-refractivity contribution in [3.63, 3.8) is 0 Å². The number of aliphatic carboxylic acids is 1. The number of carbonyl (C=O) groups is 2. The first-order valence-electron chi connectivity index (χ1n) is 7.31. The molecule has 1 fully saturated rings. The van der Waals surface area contributed by atoms with E-state index in [4.69, 9.17) is 5.11 Å². The number of hydrogen-bond acceptors (Lipinski definition) is 2. The number of carbonyl (C=O) groups excluding carboxylic acids is 1. The van der Waals surface area contributed by atoms with Crippen LogP contribution in [0.1, 0.15) is 44.1 Å². The van der Waals surface area contributed by atoms with Crippen LogP contribution in [-0.4, -0.2) is 23.5 Å². The number of rotatable bonds is 6. The van der Waals surface area contributed by atoms with E-state index in [1.54, 1.807) is 0 Å². The molecule has 0 bridgehead atoms. The lowest BCUT2D eigenvalue weighted by atomic mass is 9.78. The lowest BCUT2D eigenvalue weighted by Crippen LogP contribution is -2.43. The SMILES string of the molecule is O=C(O)CCCNC(=O)C1(c2ccc(Br)cc2)CCCC1. The maximum atomic E-state index is 12.6. The van der Waals surface area contributed by atoms with E-state index in [0.29, 0.717) is 13.0 Å². The van der Waals surface area contributed by atoms with E-state index in [0.717, 1.165) is 35.7 Å². The maximum absolute atomic E-state index is 12.6. The van der Waals surface area contributed by atoms with Crippen molar-refractivity contribution in [2.24, 2.45) is 0 Å². The van der Waals surface area contributed by atoms with E-state index in [1.807, 2.05) is 24.3 Å². The van der Waals surface area contributed by atoms with Gasteiger partial charge in [-0.1, -0.05) is 40.9 Å². The Morgan fingerprint density at radius 2 is 1.81 bits per heavy atom. The molecule has 0 aliphatic heterocycles. The summed E-state index contributed by atoms with van der Waals surface area (Å²) in [5.74, 6) is -0.791. The quantitative estimate of drug-likeness (QED) is 0.771. The highest BCUT2D eigenvalue weighted by Crippen LogP contribution is 2.41. The highest BCUT2D eigenvalue weighted by molar-refractivity contribution is 9.10. The normalized spacial score (nSPS) is 16.6. The van der Waals surface area contributed by atoms with Crippen molar-refractivity contribution in [3.8, 4) is 0 Å². The molecule has 114 valence electrons. The summed E-state index contributed by atoms with van der Waals surface area (Å²) in [6.45, 7) is 0.420. The zero-order chi connectivity index (χ0) is 15.3. The van der Waals surface area contributed by atoms with Crippen LogP contribution in [0.5, 0.6) is 0 Å². The van der Waals surface area contributed by atoms with Gasteiger partial charge in [0, 0.05) is 17.4 Å². The topological polar surface area (TPSA) is 66.4 Å². The van der Waals surface area contributed by atoms with Crippen LogP contribution in [0.25, 0.3) is 0 Å². The Bertz CT molecular complexity index is 507. The molecule has 1 aliphatic carbocycles. The molecule has 1 saturated carbocycles. The van der Waals surface area contributed by atoms with E-state index in [2.05, 4.69) is 21.2 Å². The Hall–Kier alpha value is -1.36. The third-order valence-electron chi connectivity index (χ3n) is 4.14. The fourth-order valence-corrected chi connectivity index (χ4v) is 3.27. The lowest BCUT2D eigenvalue weighted by Gasteiger charge is -2.28. The lowest BCUT2D eigenvalue weighted by molar-refractivity contribution is -0.137. The molecule has 0 spiro atoms. The molecule has 0 unspecified atom stereocenters. The molecule has 0 atom stereocenters. The van der Waals surface area contributed by atoms with Crippen molar-refractivity contribution >= 4 is 27.8 Å². The Labute approximate surface area is 133 Å². The standard InChI is InChI=1S/C16H20BrNO3/c17-13-7-5-12(6-8-13)16(9-1-2-10-16)15(21)18-11-3-4-14(19)20/h5-8H,1-4,9-11H2,(H,18,21)(H,19,20). The van der Waals surface area contributed by atoms with Gasteiger partial charge in [-0.25, -0.2) is 0 Å². The van der Waals surface area contributed by atoms with E-state index < -0.39 is 11.4 Å². The second-order valence-electron chi connectivity index (χ2n) is 5.55. The summed E-state index contributed by atoms with van der Waals surface area (Å²) in [5, 5.41) is 11.5. The van der Waals surface area contributed by atoms with Crippen LogP contribution >= 0.6 is 15.9 Å². The Morgan fingerprint density at radius 1 is 1.19 bits per heavy atom. The van der Waals surface area contributed by atoms with Crippen molar-refractivity contribution in [2.75, 3.05) is 6.54 Å². The number of amides is 1. The van der Waals surface area contributed by atoms with E-state index in [1.165, 1.54) is 0 Å². The van der Waals surface area contributed by atoms with Crippen LogP contribution in [0.4, 0.5) is 0 Å². The third kappa shape index (κ3) is 3.84. The minimum Gasteiger partial charge on any atom is -0.481 e. The van der Waals surface area contributed by atoms with Crippen molar-refractivity contribution in [1.29, 1.82) is 0 Å². The molecular weight excluding hydrogens is 334 g/mol. The van der Waals surface area contributed by atoms with Crippen LogP contribution in [0.2, 0.25) is 0 Å². The first kappa shape index (κ1) is 16.0. The average molecular weight is 354 g/mol. The summed E-state index contributed by atoms with van der Waals surface area (Å²) in [6, 6.07) is 7.94. The van der Waals surface area contributed by atoms with Gasteiger partial charge in [-0.2, -0.15) is 0 Å². The molecule has 0 aromatic heterocycles. The largest absolute Gasteiger partial charge is 0.481 e. The Kier molecular flexibility index (Phi) is 5.39. The van der Waals surface area contributed by atoms with Gasteiger partial charge in [0.1, 0.15) is 0 Å².